The van der Waals surface area contributed by atoms with Crippen LogP contribution in [0, 0.1) is 11.7 Å². The van der Waals surface area contributed by atoms with E-state index in [-0.39, 0.29) is 23.4 Å². The molecule has 0 bridgehead atoms. The van der Waals surface area contributed by atoms with E-state index in [1.165, 1.54) is 36.1 Å². The summed E-state index contributed by atoms with van der Waals surface area (Å²) in [5.74, 6) is 5.07. The van der Waals surface area contributed by atoms with Crippen LogP contribution in [0.4, 0.5) is 4.39 Å². The van der Waals surface area contributed by atoms with Crippen molar-refractivity contribution in [2.75, 3.05) is 18.7 Å². The Hall–Kier alpha value is -2.62. The summed E-state index contributed by atoms with van der Waals surface area (Å²) in [5.41, 5.74) is 0.602. The third kappa shape index (κ3) is 5.19. The molecular formula is C17H22FN5O3S. The minimum atomic E-state index is -0.710. The lowest BCUT2D eigenvalue weighted by molar-refractivity contribution is -0.146. The third-order valence-electron chi connectivity index (χ3n) is 4.08. The van der Waals surface area contributed by atoms with E-state index < -0.39 is 12.0 Å². The van der Waals surface area contributed by atoms with Gasteiger partial charge in [0.2, 0.25) is 11.1 Å². The van der Waals surface area contributed by atoms with Gasteiger partial charge in [-0.3, -0.25) is 4.79 Å². The molecule has 0 saturated heterocycles. The Morgan fingerprint density at radius 1 is 1.33 bits per heavy atom. The van der Waals surface area contributed by atoms with Crippen molar-refractivity contribution in [2.24, 2.45) is 5.92 Å². The minimum Gasteiger partial charge on any atom is -0.467 e. The molecule has 0 unspecified atom stereocenters. The van der Waals surface area contributed by atoms with Gasteiger partial charge in [0.1, 0.15) is 11.9 Å². The van der Waals surface area contributed by atoms with Crippen molar-refractivity contribution in [1.29, 1.82) is 0 Å². The fourth-order valence-electron chi connectivity index (χ4n) is 2.31. The zero-order chi connectivity index (χ0) is 20.0. The molecule has 0 spiro atoms. The van der Waals surface area contributed by atoms with Crippen LogP contribution in [-0.4, -0.2) is 45.7 Å². The first-order valence-corrected chi connectivity index (χ1v) is 9.32. The summed E-state index contributed by atoms with van der Waals surface area (Å²) in [6.07, 6.45) is 0.714. The molecule has 27 heavy (non-hydrogen) atoms. The van der Waals surface area contributed by atoms with Crippen LogP contribution in [0.5, 0.6) is 0 Å². The van der Waals surface area contributed by atoms with Crippen molar-refractivity contribution in [3.8, 4) is 11.4 Å². The van der Waals surface area contributed by atoms with Crippen molar-refractivity contribution >= 4 is 23.6 Å². The normalized spacial score (nSPS) is 13.0. The molecule has 0 saturated carbocycles. The average Bonchev–Trinajstić information content (AvgIpc) is 3.04. The number of halogens is 1. The Kier molecular flexibility index (Phi) is 7.17. The molecule has 1 heterocycles. The second kappa shape index (κ2) is 9.36. The smallest absolute Gasteiger partial charge is 0.328 e. The number of amides is 1. The van der Waals surface area contributed by atoms with Crippen molar-refractivity contribution in [3.63, 3.8) is 0 Å². The number of hydrogen-bond donors (Lipinski definition) is 2. The van der Waals surface area contributed by atoms with Gasteiger partial charge in [-0.2, -0.15) is 0 Å². The molecule has 10 heteroatoms. The number of nitrogen functional groups attached to an aromatic ring is 1. The number of hydrogen-bond acceptors (Lipinski definition) is 7. The topological polar surface area (TPSA) is 112 Å². The SMILES string of the molecule is CC[C@H](C)[C@H](NC(=O)CSc1nnc(-c2ccc(F)cc2)n1N)C(=O)OC. The largest absolute Gasteiger partial charge is 0.467 e. The Morgan fingerprint density at radius 2 is 2.00 bits per heavy atom. The van der Waals surface area contributed by atoms with E-state index in [9.17, 15) is 14.0 Å². The van der Waals surface area contributed by atoms with Gasteiger partial charge in [-0.25, -0.2) is 13.9 Å². The lowest BCUT2D eigenvalue weighted by Crippen LogP contribution is -2.46. The molecule has 2 aromatic rings. The van der Waals surface area contributed by atoms with Crippen LogP contribution in [0.3, 0.4) is 0 Å². The van der Waals surface area contributed by atoms with Gasteiger partial charge >= 0.3 is 5.97 Å². The number of esters is 1. The predicted octanol–water partition coefficient (Wildman–Crippen LogP) is 1.59. The fraction of sp³-hybridized carbons (Fsp3) is 0.412. The number of nitrogens with zero attached hydrogens (tertiary/aromatic N) is 3. The summed E-state index contributed by atoms with van der Waals surface area (Å²) in [7, 11) is 1.28. The zero-order valence-corrected chi connectivity index (χ0v) is 16.1. The Balaban J connectivity index is 2.01. The molecule has 1 aromatic heterocycles. The predicted molar refractivity (Wildman–Crippen MR) is 99.7 cm³/mol. The minimum absolute atomic E-state index is 0.00266. The molecule has 0 aliphatic carbocycles. The number of aromatic nitrogens is 3. The highest BCUT2D eigenvalue weighted by Crippen LogP contribution is 2.21. The van der Waals surface area contributed by atoms with Crippen molar-refractivity contribution in [1.82, 2.24) is 20.2 Å². The maximum Gasteiger partial charge on any atom is 0.328 e. The van der Waals surface area contributed by atoms with Crippen LogP contribution in [0.1, 0.15) is 20.3 Å². The van der Waals surface area contributed by atoms with Crippen molar-refractivity contribution in [3.05, 3.63) is 30.1 Å². The molecule has 2 atom stereocenters. The first-order valence-electron chi connectivity index (χ1n) is 8.33. The monoisotopic (exact) mass is 395 g/mol. The average molecular weight is 395 g/mol. The molecule has 1 aromatic carbocycles. The van der Waals surface area contributed by atoms with Crippen LogP contribution >= 0.6 is 11.8 Å². The molecule has 8 nitrogen and oxygen atoms in total. The molecule has 0 aliphatic rings. The van der Waals surface area contributed by atoms with Gasteiger partial charge in [0, 0.05) is 5.56 Å². The first-order chi connectivity index (χ1) is 12.9. The lowest BCUT2D eigenvalue weighted by Gasteiger charge is -2.21. The van der Waals surface area contributed by atoms with Gasteiger partial charge in [-0.15, -0.1) is 10.2 Å². The van der Waals surface area contributed by atoms with Gasteiger partial charge in [0.05, 0.1) is 12.9 Å². The molecule has 2 rings (SSSR count). The highest BCUT2D eigenvalue weighted by atomic mass is 32.2. The molecule has 1 amide bonds. The van der Waals surface area contributed by atoms with Gasteiger partial charge in [-0.05, 0) is 30.2 Å². The summed E-state index contributed by atoms with van der Waals surface area (Å²) in [5, 5.41) is 10.9. The highest BCUT2D eigenvalue weighted by molar-refractivity contribution is 7.99. The van der Waals surface area contributed by atoms with E-state index in [2.05, 4.69) is 15.5 Å². The second-order valence-electron chi connectivity index (χ2n) is 5.93. The number of rotatable bonds is 8. The summed E-state index contributed by atoms with van der Waals surface area (Å²) >= 11 is 1.08. The van der Waals surface area contributed by atoms with Crippen LogP contribution < -0.4 is 11.2 Å². The summed E-state index contributed by atoms with van der Waals surface area (Å²) in [6, 6.07) is 4.96. The van der Waals surface area contributed by atoms with E-state index >= 15 is 0 Å². The lowest BCUT2D eigenvalue weighted by atomic mass is 9.99. The molecule has 0 radical (unpaired) electrons. The van der Waals surface area contributed by atoms with Crippen LogP contribution in [0.2, 0.25) is 0 Å². The number of carbonyl (C=O) groups is 2. The number of ether oxygens (including phenoxy) is 1. The number of carbonyl (C=O) groups excluding carboxylic acids is 2. The zero-order valence-electron chi connectivity index (χ0n) is 15.3. The number of benzene rings is 1. The van der Waals surface area contributed by atoms with Gasteiger partial charge in [0.25, 0.3) is 0 Å². The molecule has 0 fully saturated rings. The van der Waals surface area contributed by atoms with Crippen LogP contribution in [0.15, 0.2) is 29.4 Å². The fourth-order valence-corrected chi connectivity index (χ4v) is 2.98. The Labute approximate surface area is 160 Å². The number of thioether (sulfide) groups is 1. The van der Waals surface area contributed by atoms with Crippen LogP contribution in [0.25, 0.3) is 11.4 Å². The maximum atomic E-state index is 13.0. The number of nitrogens with one attached hydrogen (secondary N) is 1. The summed E-state index contributed by atoms with van der Waals surface area (Å²) in [4.78, 5) is 24.1. The van der Waals surface area contributed by atoms with Crippen molar-refractivity contribution in [2.45, 2.75) is 31.5 Å². The third-order valence-corrected chi connectivity index (χ3v) is 5.03. The van der Waals surface area contributed by atoms with E-state index in [0.29, 0.717) is 23.0 Å². The summed E-state index contributed by atoms with van der Waals surface area (Å²) < 4.78 is 19.0. The van der Waals surface area contributed by atoms with E-state index in [4.69, 9.17) is 10.6 Å². The number of methoxy groups -OCH3 is 1. The maximum absolute atomic E-state index is 13.0. The summed E-state index contributed by atoms with van der Waals surface area (Å²) in [6.45, 7) is 3.79. The first kappa shape index (κ1) is 20.7. The van der Waals surface area contributed by atoms with Crippen LogP contribution in [-0.2, 0) is 14.3 Å². The van der Waals surface area contributed by atoms with E-state index in [1.807, 2.05) is 13.8 Å². The highest BCUT2D eigenvalue weighted by Gasteiger charge is 2.26. The van der Waals surface area contributed by atoms with Gasteiger partial charge in [0.15, 0.2) is 5.82 Å². The molecule has 146 valence electrons. The Morgan fingerprint density at radius 3 is 2.59 bits per heavy atom. The van der Waals surface area contributed by atoms with E-state index in [0.717, 1.165) is 11.8 Å². The molecule has 3 N–H and O–H groups in total. The second-order valence-corrected chi connectivity index (χ2v) is 6.87. The number of nitrogens with two attached hydrogens (primary N) is 1. The quantitative estimate of drug-likeness (QED) is 0.396. The van der Waals surface area contributed by atoms with Gasteiger partial charge < -0.3 is 15.9 Å². The standard InChI is InChI=1S/C17H22FN5O3S/c1-4-10(2)14(16(25)26-3)20-13(24)9-27-17-22-21-15(23(17)19)11-5-7-12(18)8-6-11/h5-8,10,14H,4,9,19H2,1-3H3,(H,20,24)/t10-,14-/m0/s1. The van der Waals surface area contributed by atoms with Crippen molar-refractivity contribution < 1.29 is 18.7 Å². The Bertz CT molecular complexity index is 796. The van der Waals surface area contributed by atoms with Gasteiger partial charge in [-0.1, -0.05) is 32.0 Å². The molecule has 0 aliphatic heterocycles. The molecular weight excluding hydrogens is 373 g/mol. The van der Waals surface area contributed by atoms with E-state index in [1.54, 1.807) is 0 Å².